The van der Waals surface area contributed by atoms with E-state index in [0.717, 1.165) is 31.2 Å². The van der Waals surface area contributed by atoms with Crippen LogP contribution in [-0.4, -0.2) is 98.6 Å². The summed E-state index contributed by atoms with van der Waals surface area (Å²) in [5.74, 6) is -0.851. The number of amides is 4. The highest BCUT2D eigenvalue weighted by Gasteiger charge is 2.42. The Kier molecular flexibility index (Phi) is 14.3. The van der Waals surface area contributed by atoms with Crippen molar-refractivity contribution in [2.45, 2.75) is 90.1 Å². The van der Waals surface area contributed by atoms with Gasteiger partial charge in [-0.25, -0.2) is 0 Å². The van der Waals surface area contributed by atoms with Crippen molar-refractivity contribution in [2.75, 3.05) is 34.4 Å². The minimum Gasteiger partial charge on any atom is -0.379 e. The van der Waals surface area contributed by atoms with Gasteiger partial charge in [0.05, 0.1) is 43.2 Å². The minimum absolute atomic E-state index is 0.0486. The van der Waals surface area contributed by atoms with Crippen LogP contribution in [0.4, 0.5) is 0 Å². The Balaban J connectivity index is 2.12. The first kappa shape index (κ1) is 34.2. The summed E-state index contributed by atoms with van der Waals surface area (Å²) >= 11 is 0. The van der Waals surface area contributed by atoms with Gasteiger partial charge in [-0.15, -0.1) is 0 Å². The quantitative estimate of drug-likeness (QED) is 0.276. The summed E-state index contributed by atoms with van der Waals surface area (Å²) < 4.78 is 11.7. The highest BCUT2D eigenvalue weighted by Crippen LogP contribution is 2.29. The van der Waals surface area contributed by atoms with Crippen molar-refractivity contribution in [1.29, 1.82) is 0 Å². The average Bonchev–Trinajstić information content (AvgIpc) is 3.45. The number of nitrogens with one attached hydrogen (secondary N) is 2. The molecule has 0 bridgehead atoms. The molecule has 1 fully saturated rings. The molecule has 5 unspecified atom stereocenters. The van der Waals surface area contributed by atoms with Crippen LogP contribution in [0.15, 0.2) is 30.3 Å². The molecule has 41 heavy (non-hydrogen) atoms. The van der Waals surface area contributed by atoms with Crippen molar-refractivity contribution in [3.8, 4) is 0 Å². The average molecular weight is 575 g/mol. The number of carbonyl (C=O) groups is 4. The van der Waals surface area contributed by atoms with Crippen molar-refractivity contribution >= 4 is 24.1 Å². The number of ether oxygens (including phenoxy) is 2. The number of hydrogen-bond donors (Lipinski definition) is 2. The summed E-state index contributed by atoms with van der Waals surface area (Å²) in [7, 11) is 4.83. The van der Waals surface area contributed by atoms with Gasteiger partial charge in [-0.2, -0.15) is 0 Å². The van der Waals surface area contributed by atoms with E-state index in [9.17, 15) is 19.2 Å². The maximum atomic E-state index is 13.7. The summed E-state index contributed by atoms with van der Waals surface area (Å²) in [5, 5.41) is 5.53. The van der Waals surface area contributed by atoms with E-state index >= 15 is 0 Å². The monoisotopic (exact) mass is 574 g/mol. The SMILES string of the molecule is CCC(C)C(C(CC(=O)N1CCCC1C(OC)[C@@H](C)C(=O)N[C@H](C)Cc1ccccc1)OC)N(C)C(=O)CNC=O. The molecule has 0 aliphatic carbocycles. The van der Waals surface area contributed by atoms with E-state index in [1.807, 2.05) is 62.9 Å². The van der Waals surface area contributed by atoms with Crippen LogP contribution in [0.1, 0.15) is 58.9 Å². The highest BCUT2D eigenvalue weighted by molar-refractivity contribution is 5.81. The molecule has 0 saturated carbocycles. The molecule has 1 heterocycles. The zero-order valence-corrected chi connectivity index (χ0v) is 25.8. The fraction of sp³-hybridized carbons (Fsp3) is 0.677. The number of methoxy groups -OCH3 is 2. The second kappa shape index (κ2) is 17.1. The van der Waals surface area contributed by atoms with E-state index in [4.69, 9.17) is 9.47 Å². The fourth-order valence-electron chi connectivity index (χ4n) is 5.97. The molecule has 0 radical (unpaired) electrons. The molecule has 230 valence electrons. The number of rotatable bonds is 17. The number of likely N-dealkylation sites (tertiary alicyclic amines) is 1. The molecule has 1 saturated heterocycles. The van der Waals surface area contributed by atoms with Gasteiger partial charge in [0, 0.05) is 33.9 Å². The molecule has 10 nitrogen and oxygen atoms in total. The van der Waals surface area contributed by atoms with Gasteiger partial charge in [0.15, 0.2) is 0 Å². The molecule has 0 aromatic heterocycles. The Morgan fingerprint density at radius 3 is 2.39 bits per heavy atom. The van der Waals surface area contributed by atoms with E-state index < -0.39 is 18.1 Å². The minimum atomic E-state index is -0.538. The van der Waals surface area contributed by atoms with Gasteiger partial charge in [-0.1, -0.05) is 57.5 Å². The molecule has 7 atom stereocenters. The molecule has 1 aromatic carbocycles. The third-order valence-electron chi connectivity index (χ3n) is 8.41. The van der Waals surface area contributed by atoms with E-state index in [2.05, 4.69) is 10.6 Å². The van der Waals surface area contributed by atoms with E-state index in [-0.39, 0.29) is 54.7 Å². The Bertz CT molecular complexity index is 977. The number of benzene rings is 1. The zero-order valence-electron chi connectivity index (χ0n) is 25.8. The van der Waals surface area contributed by atoms with Gasteiger partial charge < -0.3 is 29.9 Å². The predicted molar refractivity (Wildman–Crippen MR) is 158 cm³/mol. The lowest BCUT2D eigenvalue weighted by molar-refractivity contribution is -0.145. The molecule has 4 amide bonds. The molecule has 1 aromatic rings. The predicted octanol–water partition coefficient (Wildman–Crippen LogP) is 2.40. The molecular weight excluding hydrogens is 524 g/mol. The summed E-state index contributed by atoms with van der Waals surface area (Å²) in [6, 6.07) is 9.38. The van der Waals surface area contributed by atoms with Gasteiger partial charge in [-0.3, -0.25) is 19.2 Å². The lowest BCUT2D eigenvalue weighted by atomic mass is 9.90. The van der Waals surface area contributed by atoms with Gasteiger partial charge >= 0.3 is 0 Å². The van der Waals surface area contributed by atoms with E-state index in [0.29, 0.717) is 13.0 Å². The maximum absolute atomic E-state index is 13.7. The number of likely N-dealkylation sites (N-methyl/N-ethyl adjacent to an activating group) is 1. The van der Waals surface area contributed by atoms with Crippen molar-refractivity contribution in [2.24, 2.45) is 11.8 Å². The standard InChI is InChI=1S/C31H50N4O6/c1-8-21(2)29(34(5)28(38)19-32-20-36)26(40-6)18-27(37)35-16-12-15-25(35)30(41-7)23(4)31(39)33-22(3)17-24-13-10-9-11-14-24/h9-11,13-14,20-23,25-26,29-30H,8,12,15-19H2,1-7H3,(H,32,36)(H,33,39)/t21?,22-,23-,25?,26?,29?,30?/m1/s1. The smallest absolute Gasteiger partial charge is 0.242 e. The molecule has 2 rings (SSSR count). The Morgan fingerprint density at radius 2 is 1.80 bits per heavy atom. The Hall–Kier alpha value is -2.98. The van der Waals surface area contributed by atoms with Crippen LogP contribution in [-0.2, 0) is 35.1 Å². The second-order valence-corrected chi connectivity index (χ2v) is 11.2. The van der Waals surface area contributed by atoms with Crippen molar-refractivity contribution < 1.29 is 28.7 Å². The van der Waals surface area contributed by atoms with Crippen LogP contribution in [0.2, 0.25) is 0 Å². The summed E-state index contributed by atoms with van der Waals surface area (Å²) in [5.41, 5.74) is 1.15. The van der Waals surface area contributed by atoms with Crippen LogP contribution in [0, 0.1) is 11.8 Å². The third-order valence-corrected chi connectivity index (χ3v) is 8.41. The molecule has 2 N–H and O–H groups in total. The van der Waals surface area contributed by atoms with Crippen LogP contribution in [0.5, 0.6) is 0 Å². The highest BCUT2D eigenvalue weighted by atomic mass is 16.5. The summed E-state index contributed by atoms with van der Waals surface area (Å²) in [4.78, 5) is 53.8. The lowest BCUT2D eigenvalue weighted by Gasteiger charge is -2.39. The number of hydrogen-bond acceptors (Lipinski definition) is 6. The normalized spacial score (nSPS) is 19.4. The van der Waals surface area contributed by atoms with Crippen molar-refractivity contribution in [3.63, 3.8) is 0 Å². The number of nitrogens with zero attached hydrogens (tertiary/aromatic N) is 2. The van der Waals surface area contributed by atoms with Crippen LogP contribution in [0.25, 0.3) is 0 Å². The van der Waals surface area contributed by atoms with E-state index in [1.165, 1.54) is 0 Å². The molecular formula is C31H50N4O6. The van der Waals surface area contributed by atoms with Crippen LogP contribution >= 0.6 is 0 Å². The first-order valence-corrected chi connectivity index (χ1v) is 14.7. The zero-order chi connectivity index (χ0) is 30.5. The summed E-state index contributed by atoms with van der Waals surface area (Å²) in [6.07, 6.45) is 2.65. The number of carbonyl (C=O) groups excluding carboxylic acids is 4. The van der Waals surface area contributed by atoms with Gasteiger partial charge in [0.1, 0.15) is 0 Å². The molecule has 10 heteroatoms. The maximum Gasteiger partial charge on any atom is 0.242 e. The Morgan fingerprint density at radius 1 is 1.12 bits per heavy atom. The fourth-order valence-corrected chi connectivity index (χ4v) is 5.97. The van der Waals surface area contributed by atoms with Crippen LogP contribution in [0.3, 0.4) is 0 Å². The first-order valence-electron chi connectivity index (χ1n) is 14.7. The third kappa shape index (κ3) is 9.53. The van der Waals surface area contributed by atoms with Crippen molar-refractivity contribution in [1.82, 2.24) is 20.4 Å². The largest absolute Gasteiger partial charge is 0.379 e. The van der Waals surface area contributed by atoms with E-state index in [1.54, 1.807) is 26.2 Å². The van der Waals surface area contributed by atoms with Crippen molar-refractivity contribution in [3.05, 3.63) is 35.9 Å². The lowest BCUT2D eigenvalue weighted by Crippen LogP contribution is -2.54. The molecule has 0 spiro atoms. The topological polar surface area (TPSA) is 117 Å². The first-order chi connectivity index (χ1) is 19.6. The van der Waals surface area contributed by atoms with Crippen LogP contribution < -0.4 is 10.6 Å². The van der Waals surface area contributed by atoms with Gasteiger partial charge in [-0.05, 0) is 37.7 Å². The molecule has 1 aliphatic rings. The second-order valence-electron chi connectivity index (χ2n) is 11.2. The summed E-state index contributed by atoms with van der Waals surface area (Å²) in [6.45, 7) is 8.35. The van der Waals surface area contributed by atoms with Gasteiger partial charge in [0.2, 0.25) is 24.1 Å². The Labute approximate surface area is 245 Å². The van der Waals surface area contributed by atoms with Gasteiger partial charge in [0.25, 0.3) is 0 Å². The molecule has 1 aliphatic heterocycles.